The van der Waals surface area contributed by atoms with Gasteiger partial charge in [0, 0.05) is 178 Å². The van der Waals surface area contributed by atoms with Gasteiger partial charge in [0.05, 0.1) is 114 Å². The van der Waals surface area contributed by atoms with E-state index in [1.807, 2.05) is 6.92 Å². The van der Waals surface area contributed by atoms with Gasteiger partial charge < -0.3 is 211 Å². The fraction of sp³-hybridized carbons (Fsp3) is 0.902. The summed E-state index contributed by atoms with van der Waals surface area (Å²) in [6.45, 7) is 7.81. The summed E-state index contributed by atoms with van der Waals surface area (Å²) in [5, 5.41) is 35.6. The zero-order valence-electron chi connectivity index (χ0n) is 88.3. The molecular weight excluding hydrogens is 1940 g/mol. The number of hydrogen-bond acceptors (Lipinski definition) is 48. The Labute approximate surface area is 846 Å². The van der Waals surface area contributed by atoms with Crippen LogP contribution < -0.4 is 16.0 Å². The molecule has 0 spiro atoms. The Balaban J connectivity index is 0.000000390. The first-order chi connectivity index (χ1) is 70.1. The number of aryl methyl sites for hydroxylation is 2. The fourth-order valence-corrected chi connectivity index (χ4v) is 20.6. The zero-order chi connectivity index (χ0) is 106. The standard InChI is InChI=1S/C62H106N8O29.C30H51NO15/c1-29-39(47(80-10)53(86-16)59(91-29)96-45-37(27-76-6)94-61(55(88-18)51(45)84-14)98-43-35(25-74-4)90-31(3)41(78-8)49(43)82-12)63-57(72)32-22-69(67-65-32)20-21-70-23-33(66-68-70)58(73)64-40-30(2)92-60(54(87-17)48(40)81-11)97-46-38(28-77-7)95-62(56(89-19)52(46)85-15)99-44-36(26-75-5)93-34(24-71)42(79-9)50(44)83-13;1-12-18(32)31-19-15(2)42-29(25(38-8)22(19)35-5)45-21-17(14-34-4)44-30(27(40-10)24(21)37-7)46-20-16(13-33-3)43-28(41-11)26(39-9)23(20)36-6/h22-23,29-31,34-56,59-62,71H,20-21,24-28H2,1-19H3,(H,63,72)(H,64,73);1,15-17,19-30H,13-14H2,2-11H3,(H,31,32)/t29?,30?,31?,34?,35?,36?,37?,38?,39?,40?,41-,42+,43?,44?,45?,46?,47?,48?,49?,50?,51?,52?,53?,54?,55?,56?,59?,60?,61?,62?;15?,16?,17?,19?,20?,21?,22?,23-,24?,25?,26?,27?,28?,29?,30?/m11/s1. The Morgan fingerprint density at radius 2 is 0.517 bits per heavy atom. The topological polar surface area (TPSA) is 538 Å². The molecule has 2 aromatic heterocycles. The lowest BCUT2D eigenvalue weighted by Gasteiger charge is -2.51. The molecule has 53 heteroatoms. The number of aliphatic hydroxyl groups is 1. The molecule has 9 saturated heterocycles. The molecular formula is C92H157N9O44. The van der Waals surface area contributed by atoms with Crippen LogP contribution in [0.1, 0.15) is 48.7 Å². The highest BCUT2D eigenvalue weighted by molar-refractivity contribution is 5.93. The molecule has 834 valence electrons. The van der Waals surface area contributed by atoms with E-state index in [-0.39, 0.29) is 76.8 Å². The van der Waals surface area contributed by atoms with Gasteiger partial charge in [-0.15, -0.1) is 16.6 Å². The molecule has 42 unspecified atom stereocenters. The number of rotatable bonds is 52. The van der Waals surface area contributed by atoms with Crippen LogP contribution in [0, 0.1) is 12.3 Å². The van der Waals surface area contributed by atoms with Gasteiger partial charge in [-0.1, -0.05) is 10.4 Å². The molecule has 53 nitrogen and oxygen atoms in total. The number of ether oxygens (including phenoxy) is 40. The van der Waals surface area contributed by atoms with Crippen molar-refractivity contribution in [2.24, 2.45) is 0 Å². The van der Waals surface area contributed by atoms with Crippen molar-refractivity contribution in [1.82, 2.24) is 45.9 Å². The largest absolute Gasteiger partial charge is 0.394 e. The van der Waals surface area contributed by atoms with Crippen molar-refractivity contribution in [1.29, 1.82) is 0 Å². The van der Waals surface area contributed by atoms with E-state index in [4.69, 9.17) is 196 Å². The molecule has 9 aliphatic heterocycles. The van der Waals surface area contributed by atoms with Crippen molar-refractivity contribution in [2.75, 3.05) is 224 Å². The number of nitrogens with one attached hydrogen (secondary N) is 3. The molecule has 45 atom stereocenters. The summed E-state index contributed by atoms with van der Waals surface area (Å²) >= 11 is 0. The van der Waals surface area contributed by atoms with E-state index in [0.717, 1.165) is 0 Å². The number of aliphatic hydroxyl groups excluding tert-OH is 1. The molecule has 9 aliphatic rings. The molecule has 0 bridgehead atoms. The van der Waals surface area contributed by atoms with Gasteiger partial charge in [0.25, 0.3) is 17.7 Å². The quantitative estimate of drug-likeness (QED) is 0.0470. The van der Waals surface area contributed by atoms with Gasteiger partial charge in [-0.2, -0.15) is 0 Å². The van der Waals surface area contributed by atoms with E-state index in [0.29, 0.717) is 0 Å². The van der Waals surface area contributed by atoms with Crippen LogP contribution in [0.3, 0.4) is 0 Å². The third kappa shape index (κ3) is 28.4. The number of amides is 3. The molecule has 9 fully saturated rings. The average molecular weight is 2090 g/mol. The lowest BCUT2D eigenvalue weighted by molar-refractivity contribution is -0.381. The number of carbonyl (C=O) groups is 3. The van der Waals surface area contributed by atoms with Gasteiger partial charge in [-0.05, 0) is 33.6 Å². The predicted octanol–water partition coefficient (Wildman–Crippen LogP) is -3.34. The number of hydrogen-bond donors (Lipinski definition) is 4. The van der Waals surface area contributed by atoms with Crippen LogP contribution in [0.4, 0.5) is 0 Å². The third-order valence-electron chi connectivity index (χ3n) is 27.5. The SMILES string of the molecule is C#CC(=O)NC1C(C)OC(OC2C(COC)OC(OC3C(COC)OC(OC)C(OC)[C@@H]3OC)C(OC)C2OC)C(OC)C1OC.COCC1OC(OC2C(COC)OC(C)[C@@H](OC)C2OC)C(OC)C(OC)C1OC1OC(C)C(NC(=O)c2cn(CCn3cc(C(=O)NC4C(C)OC(OC5C(COC)OC(OC6C(COC)OC(CO)[C@H](OC)C6OC)C(OC)C5OC)C(OC)C4OC)nn3)nn2)C(OC)C1OC. The average Bonchev–Trinajstić information content (AvgIpc) is 1.34. The Hall–Kier alpha value is -5.39. The number of methoxy groups -OCH3 is 25. The maximum Gasteiger partial charge on any atom is 0.296 e. The molecule has 0 radical (unpaired) electrons. The van der Waals surface area contributed by atoms with E-state index < -0.39 is 287 Å². The highest BCUT2D eigenvalue weighted by Crippen LogP contribution is 2.43. The smallest absolute Gasteiger partial charge is 0.296 e. The summed E-state index contributed by atoms with van der Waals surface area (Å²) in [7, 11) is 38.0. The lowest BCUT2D eigenvalue weighted by Crippen LogP contribution is -2.68. The van der Waals surface area contributed by atoms with Crippen molar-refractivity contribution >= 4 is 17.7 Å². The highest BCUT2D eigenvalue weighted by atomic mass is 16.8. The summed E-state index contributed by atoms with van der Waals surface area (Å²) in [6.07, 6.45) is -24.9. The molecule has 11 rings (SSSR count). The summed E-state index contributed by atoms with van der Waals surface area (Å²) in [4.78, 5) is 40.1. The zero-order valence-corrected chi connectivity index (χ0v) is 88.3. The van der Waals surface area contributed by atoms with Crippen LogP contribution in [0.5, 0.6) is 0 Å². The third-order valence-corrected chi connectivity index (χ3v) is 27.5. The van der Waals surface area contributed by atoms with Crippen LogP contribution in [0.15, 0.2) is 12.4 Å². The molecule has 3 amide bonds. The Bertz CT molecular complexity index is 4090. The molecule has 0 saturated carbocycles. The fourth-order valence-electron chi connectivity index (χ4n) is 20.6. The minimum atomic E-state index is -1.12. The summed E-state index contributed by atoms with van der Waals surface area (Å²) in [5.74, 6) is 0.291. The van der Waals surface area contributed by atoms with Crippen LogP contribution in [0.25, 0.3) is 0 Å². The van der Waals surface area contributed by atoms with Gasteiger partial charge in [0.15, 0.2) is 55.4 Å². The Morgan fingerprint density at radius 1 is 0.283 bits per heavy atom. The minimum absolute atomic E-state index is 0.00710. The van der Waals surface area contributed by atoms with Crippen LogP contribution in [0.2, 0.25) is 0 Å². The molecule has 0 aromatic carbocycles. The first-order valence-corrected chi connectivity index (χ1v) is 47.7. The van der Waals surface area contributed by atoms with Gasteiger partial charge in [-0.25, -0.2) is 9.36 Å². The number of carbonyl (C=O) groups excluding carboxylic acids is 3. The van der Waals surface area contributed by atoms with E-state index in [1.165, 1.54) is 164 Å². The second kappa shape index (κ2) is 59.7. The number of nitrogens with zero attached hydrogens (tertiary/aromatic N) is 6. The van der Waals surface area contributed by atoms with E-state index in [1.54, 1.807) is 56.3 Å². The Morgan fingerprint density at radius 3 is 0.779 bits per heavy atom. The van der Waals surface area contributed by atoms with Crippen molar-refractivity contribution in [3.63, 3.8) is 0 Å². The van der Waals surface area contributed by atoms with E-state index >= 15 is 0 Å². The Kier molecular flexibility index (Phi) is 50.0. The van der Waals surface area contributed by atoms with Crippen LogP contribution in [-0.2, 0) is 207 Å². The summed E-state index contributed by atoms with van der Waals surface area (Å²) < 4.78 is 246. The second-order valence-electron chi connectivity index (χ2n) is 35.6. The normalized spacial score (nSPS) is 40.4. The number of terminal acetylenes is 1. The first kappa shape index (κ1) is 121. The maximum atomic E-state index is 14.0. The molecule has 0 aliphatic carbocycles. The van der Waals surface area contributed by atoms with Gasteiger partial charge in [0.1, 0.15) is 189 Å². The maximum absolute atomic E-state index is 14.0. The second-order valence-corrected chi connectivity index (χ2v) is 35.6. The van der Waals surface area contributed by atoms with Gasteiger partial charge in [-0.3, -0.25) is 14.4 Å². The van der Waals surface area contributed by atoms with Crippen LogP contribution in [-0.4, -0.2) is 553 Å². The van der Waals surface area contributed by atoms with Gasteiger partial charge >= 0.3 is 0 Å². The molecule has 2 aromatic rings. The molecule has 4 N–H and O–H groups in total. The van der Waals surface area contributed by atoms with Crippen molar-refractivity contribution < 1.29 is 209 Å². The summed E-state index contributed by atoms with van der Waals surface area (Å²) in [6, 6.07) is -2.19. The van der Waals surface area contributed by atoms with E-state index in [9.17, 15) is 19.5 Å². The monoisotopic (exact) mass is 2090 g/mol. The molecule has 11 heterocycles. The van der Waals surface area contributed by atoms with Crippen molar-refractivity contribution in [3.8, 4) is 12.3 Å². The lowest BCUT2D eigenvalue weighted by atomic mass is 9.93. The highest BCUT2D eigenvalue weighted by Gasteiger charge is 2.62. The van der Waals surface area contributed by atoms with E-state index in [2.05, 4.69) is 42.5 Å². The van der Waals surface area contributed by atoms with Gasteiger partial charge in [0.2, 0.25) is 0 Å². The predicted molar refractivity (Wildman–Crippen MR) is 493 cm³/mol. The first-order valence-electron chi connectivity index (χ1n) is 47.7. The summed E-state index contributed by atoms with van der Waals surface area (Å²) in [5.41, 5.74) is -0.0191. The number of aromatic nitrogens is 6. The molecule has 145 heavy (non-hydrogen) atoms. The van der Waals surface area contributed by atoms with Crippen molar-refractivity contribution in [3.05, 3.63) is 23.8 Å². The van der Waals surface area contributed by atoms with Crippen molar-refractivity contribution in [2.45, 2.75) is 317 Å². The minimum Gasteiger partial charge on any atom is -0.394 e. The van der Waals surface area contributed by atoms with Crippen LogP contribution >= 0.6 is 0 Å².